The lowest BCUT2D eigenvalue weighted by Gasteiger charge is -2.07. The summed E-state index contributed by atoms with van der Waals surface area (Å²) < 4.78 is 0. The number of aryl methyl sites for hydroxylation is 1. The van der Waals surface area contributed by atoms with Crippen LogP contribution in [0.3, 0.4) is 0 Å². The van der Waals surface area contributed by atoms with Gasteiger partial charge in [0.25, 0.3) is 10.9 Å². The molecule has 0 atom stereocenters. The summed E-state index contributed by atoms with van der Waals surface area (Å²) in [5.74, 6) is 0. The van der Waals surface area contributed by atoms with Crippen molar-refractivity contribution in [3.8, 4) is 0 Å². The average Bonchev–Trinajstić information content (AvgIpc) is 2.46. The van der Waals surface area contributed by atoms with E-state index in [4.69, 9.17) is 11.6 Å². The Morgan fingerprint density at radius 1 is 1.24 bits per heavy atom. The molecule has 0 fully saturated rings. The minimum absolute atomic E-state index is 0.0862. The highest BCUT2D eigenvalue weighted by atomic mass is 35.5. The van der Waals surface area contributed by atoms with E-state index in [-0.39, 0.29) is 5.69 Å². The number of nitro groups is 1. The Bertz CT molecular complexity index is 684. The standard InChI is InChI=1S/C15H13ClN2O3/c1-10-2-7-13(8-14(10)18(20)21)17-9-11-3-5-12(6-4-11)15(16)19/h2-8,17H,9H2,1H3. The van der Waals surface area contributed by atoms with Gasteiger partial charge in [0.1, 0.15) is 0 Å². The highest BCUT2D eigenvalue weighted by Crippen LogP contribution is 2.22. The molecule has 0 unspecified atom stereocenters. The van der Waals surface area contributed by atoms with Gasteiger partial charge in [-0.1, -0.05) is 18.2 Å². The van der Waals surface area contributed by atoms with Crippen LogP contribution in [0, 0.1) is 17.0 Å². The second kappa shape index (κ2) is 6.37. The summed E-state index contributed by atoms with van der Waals surface area (Å²) in [5.41, 5.74) is 2.76. The van der Waals surface area contributed by atoms with Crippen molar-refractivity contribution in [2.45, 2.75) is 13.5 Å². The number of anilines is 1. The number of hydrogen-bond donors (Lipinski definition) is 1. The normalized spacial score (nSPS) is 10.2. The first-order valence-corrected chi connectivity index (χ1v) is 6.63. The first kappa shape index (κ1) is 15.0. The lowest BCUT2D eigenvalue weighted by atomic mass is 10.1. The molecule has 0 aromatic heterocycles. The van der Waals surface area contributed by atoms with Crippen molar-refractivity contribution in [1.82, 2.24) is 0 Å². The molecule has 0 aliphatic rings. The average molecular weight is 305 g/mol. The SMILES string of the molecule is Cc1ccc(NCc2ccc(C(=O)Cl)cc2)cc1[N+](=O)[O-]. The van der Waals surface area contributed by atoms with Gasteiger partial charge in [0, 0.05) is 29.4 Å². The van der Waals surface area contributed by atoms with Crippen LogP contribution in [0.5, 0.6) is 0 Å². The van der Waals surface area contributed by atoms with E-state index >= 15 is 0 Å². The molecule has 0 aliphatic carbocycles. The van der Waals surface area contributed by atoms with Crippen LogP contribution in [0.2, 0.25) is 0 Å². The second-order valence-electron chi connectivity index (χ2n) is 4.58. The molecule has 2 aromatic rings. The molecular formula is C15H13ClN2O3. The molecule has 2 rings (SSSR count). The summed E-state index contributed by atoms with van der Waals surface area (Å²) in [6.45, 7) is 2.20. The van der Waals surface area contributed by atoms with Gasteiger partial charge in [0.05, 0.1) is 4.92 Å². The molecule has 0 heterocycles. The fourth-order valence-corrected chi connectivity index (χ4v) is 2.00. The van der Waals surface area contributed by atoms with Gasteiger partial charge in [-0.25, -0.2) is 0 Å². The Hall–Kier alpha value is -2.40. The number of carbonyl (C=O) groups excluding carboxylic acids is 1. The van der Waals surface area contributed by atoms with E-state index in [0.717, 1.165) is 5.56 Å². The Morgan fingerprint density at radius 2 is 1.90 bits per heavy atom. The van der Waals surface area contributed by atoms with E-state index in [1.807, 2.05) is 0 Å². The molecule has 1 N–H and O–H groups in total. The van der Waals surface area contributed by atoms with Crippen LogP contribution >= 0.6 is 11.6 Å². The van der Waals surface area contributed by atoms with Crippen molar-refractivity contribution >= 4 is 28.2 Å². The quantitative estimate of drug-likeness (QED) is 0.516. The maximum Gasteiger partial charge on any atom is 0.274 e. The van der Waals surface area contributed by atoms with Crippen LogP contribution in [-0.2, 0) is 6.54 Å². The number of hydrogen-bond acceptors (Lipinski definition) is 4. The Labute approximate surface area is 126 Å². The predicted molar refractivity (Wildman–Crippen MR) is 81.8 cm³/mol. The van der Waals surface area contributed by atoms with Crippen molar-refractivity contribution in [1.29, 1.82) is 0 Å². The summed E-state index contributed by atoms with van der Waals surface area (Å²) in [7, 11) is 0. The molecule has 0 spiro atoms. The Morgan fingerprint density at radius 3 is 2.48 bits per heavy atom. The zero-order valence-corrected chi connectivity index (χ0v) is 12.1. The molecule has 0 saturated heterocycles. The van der Waals surface area contributed by atoms with Gasteiger partial charge in [-0.15, -0.1) is 0 Å². The van der Waals surface area contributed by atoms with Crippen LogP contribution < -0.4 is 5.32 Å². The highest BCUT2D eigenvalue weighted by Gasteiger charge is 2.10. The van der Waals surface area contributed by atoms with E-state index in [0.29, 0.717) is 23.4 Å². The lowest BCUT2D eigenvalue weighted by molar-refractivity contribution is -0.385. The van der Waals surface area contributed by atoms with Crippen molar-refractivity contribution in [2.75, 3.05) is 5.32 Å². The molecule has 0 radical (unpaired) electrons. The van der Waals surface area contributed by atoms with Gasteiger partial charge in [0.15, 0.2) is 0 Å². The molecule has 108 valence electrons. The molecule has 21 heavy (non-hydrogen) atoms. The van der Waals surface area contributed by atoms with E-state index in [1.165, 1.54) is 6.07 Å². The van der Waals surface area contributed by atoms with Gasteiger partial charge in [-0.05, 0) is 42.3 Å². The monoisotopic (exact) mass is 304 g/mol. The van der Waals surface area contributed by atoms with Crippen molar-refractivity contribution in [2.24, 2.45) is 0 Å². The zero-order chi connectivity index (χ0) is 15.4. The van der Waals surface area contributed by atoms with Crippen molar-refractivity contribution < 1.29 is 9.72 Å². The fraction of sp³-hybridized carbons (Fsp3) is 0.133. The number of benzene rings is 2. The van der Waals surface area contributed by atoms with Crippen LogP contribution in [0.15, 0.2) is 42.5 Å². The predicted octanol–water partition coefficient (Wildman–Crippen LogP) is 3.89. The Kier molecular flexibility index (Phi) is 4.55. The number of nitrogens with zero attached hydrogens (tertiary/aromatic N) is 1. The third-order valence-electron chi connectivity index (χ3n) is 3.08. The molecule has 0 bridgehead atoms. The van der Waals surface area contributed by atoms with Gasteiger partial charge in [-0.2, -0.15) is 0 Å². The van der Waals surface area contributed by atoms with Crippen LogP contribution in [0.1, 0.15) is 21.5 Å². The summed E-state index contributed by atoms with van der Waals surface area (Å²) >= 11 is 5.37. The number of nitro benzene ring substituents is 1. The summed E-state index contributed by atoms with van der Waals surface area (Å²) in [5, 5.41) is 13.5. The van der Waals surface area contributed by atoms with Gasteiger partial charge >= 0.3 is 0 Å². The molecule has 0 amide bonds. The van der Waals surface area contributed by atoms with Gasteiger partial charge in [-0.3, -0.25) is 14.9 Å². The smallest absolute Gasteiger partial charge is 0.274 e. The van der Waals surface area contributed by atoms with Gasteiger partial charge in [0.2, 0.25) is 0 Å². The zero-order valence-electron chi connectivity index (χ0n) is 11.3. The van der Waals surface area contributed by atoms with Gasteiger partial charge < -0.3 is 5.32 Å². The summed E-state index contributed by atoms with van der Waals surface area (Å²) in [6.07, 6.45) is 0. The first-order chi connectivity index (χ1) is 9.97. The Balaban J connectivity index is 2.07. The molecule has 0 saturated carbocycles. The molecular weight excluding hydrogens is 292 g/mol. The summed E-state index contributed by atoms with van der Waals surface area (Å²) in [6, 6.07) is 11.9. The van der Waals surface area contributed by atoms with Crippen LogP contribution in [0.25, 0.3) is 0 Å². The third kappa shape index (κ3) is 3.79. The van der Waals surface area contributed by atoms with Crippen molar-refractivity contribution in [3.05, 3.63) is 69.3 Å². The maximum atomic E-state index is 11.0. The minimum atomic E-state index is -0.497. The number of carbonyl (C=O) groups is 1. The number of nitrogens with one attached hydrogen (secondary N) is 1. The van der Waals surface area contributed by atoms with Crippen molar-refractivity contribution in [3.63, 3.8) is 0 Å². The van der Waals surface area contributed by atoms with E-state index in [2.05, 4.69) is 5.32 Å². The van der Waals surface area contributed by atoms with E-state index < -0.39 is 10.2 Å². The van der Waals surface area contributed by atoms with E-state index in [9.17, 15) is 14.9 Å². The van der Waals surface area contributed by atoms with Crippen LogP contribution in [0.4, 0.5) is 11.4 Å². The topological polar surface area (TPSA) is 72.2 Å². The third-order valence-corrected chi connectivity index (χ3v) is 3.30. The second-order valence-corrected chi connectivity index (χ2v) is 4.93. The number of rotatable bonds is 5. The first-order valence-electron chi connectivity index (χ1n) is 6.25. The number of halogens is 1. The molecule has 5 nitrogen and oxygen atoms in total. The lowest BCUT2D eigenvalue weighted by Crippen LogP contribution is -2.01. The summed E-state index contributed by atoms with van der Waals surface area (Å²) in [4.78, 5) is 21.4. The maximum absolute atomic E-state index is 11.0. The molecule has 6 heteroatoms. The molecule has 0 aliphatic heterocycles. The largest absolute Gasteiger partial charge is 0.381 e. The van der Waals surface area contributed by atoms with Crippen LogP contribution in [-0.4, -0.2) is 10.2 Å². The highest BCUT2D eigenvalue weighted by molar-refractivity contribution is 6.67. The van der Waals surface area contributed by atoms with E-state index in [1.54, 1.807) is 43.3 Å². The minimum Gasteiger partial charge on any atom is -0.381 e. The fourth-order valence-electron chi connectivity index (χ4n) is 1.87. The molecule has 2 aromatic carbocycles.